The number of nitrogens with zero attached hydrogens (tertiary/aromatic N) is 3. The first-order valence-electron chi connectivity index (χ1n) is 6.10. The fourth-order valence-corrected chi connectivity index (χ4v) is 2.31. The van der Waals surface area contributed by atoms with Crippen molar-refractivity contribution in [2.75, 3.05) is 6.54 Å². The molecule has 0 aromatic carbocycles. The van der Waals surface area contributed by atoms with Gasteiger partial charge in [0.05, 0.1) is 11.7 Å². The molecule has 1 unspecified atom stereocenters. The average molecular weight is 232 g/mol. The first kappa shape index (κ1) is 12.0. The minimum absolute atomic E-state index is 0.326. The number of hydrogen-bond acceptors (Lipinski definition) is 3. The molecule has 0 bridgehead atoms. The molecule has 2 rings (SSSR count). The van der Waals surface area contributed by atoms with Gasteiger partial charge >= 0.3 is 0 Å². The molecule has 4 heteroatoms. The van der Waals surface area contributed by atoms with Gasteiger partial charge in [-0.25, -0.2) is 4.98 Å². The molecule has 92 valence electrons. The van der Waals surface area contributed by atoms with Crippen LogP contribution >= 0.6 is 0 Å². The Morgan fingerprint density at radius 2 is 2.18 bits per heavy atom. The maximum absolute atomic E-state index is 5.87. The van der Waals surface area contributed by atoms with Crippen LogP contribution in [0.4, 0.5) is 0 Å². The third kappa shape index (κ3) is 2.31. The quantitative estimate of drug-likeness (QED) is 0.877. The molecule has 4 nitrogen and oxygen atoms in total. The van der Waals surface area contributed by atoms with Crippen molar-refractivity contribution in [3.05, 3.63) is 24.3 Å². The number of aromatic nitrogens is 3. The Morgan fingerprint density at radius 1 is 1.41 bits per heavy atom. The zero-order chi connectivity index (χ0) is 12.4. The number of aryl methyl sites for hydroxylation is 1. The third-order valence-electron chi connectivity index (χ3n) is 3.12. The van der Waals surface area contributed by atoms with Gasteiger partial charge < -0.3 is 10.3 Å². The van der Waals surface area contributed by atoms with Crippen LogP contribution in [-0.2, 0) is 7.05 Å². The van der Waals surface area contributed by atoms with Crippen molar-refractivity contribution in [2.45, 2.75) is 26.2 Å². The van der Waals surface area contributed by atoms with Crippen LogP contribution in [-0.4, -0.2) is 21.1 Å². The number of nitrogens with two attached hydrogens (primary N) is 1. The van der Waals surface area contributed by atoms with Crippen LogP contribution in [0.25, 0.3) is 11.0 Å². The van der Waals surface area contributed by atoms with E-state index < -0.39 is 0 Å². The van der Waals surface area contributed by atoms with Crippen molar-refractivity contribution in [3.8, 4) is 0 Å². The second kappa shape index (κ2) is 4.84. The van der Waals surface area contributed by atoms with E-state index >= 15 is 0 Å². The van der Waals surface area contributed by atoms with Gasteiger partial charge in [-0.2, -0.15) is 0 Å². The lowest BCUT2D eigenvalue weighted by molar-refractivity contribution is 0.480. The Balaban J connectivity index is 2.43. The lowest BCUT2D eigenvalue weighted by Gasteiger charge is -2.16. The number of hydrogen-bond donors (Lipinski definition) is 1. The molecule has 0 aliphatic rings. The zero-order valence-electron chi connectivity index (χ0n) is 10.7. The standard InChI is InChI=1S/C13H20N4/c1-9(2)6-10(7-14)13-16-11-8-15-5-4-12(11)17(13)3/h4-5,8-10H,6-7,14H2,1-3H3. The highest BCUT2D eigenvalue weighted by Crippen LogP contribution is 2.24. The van der Waals surface area contributed by atoms with Gasteiger partial charge in [0.15, 0.2) is 0 Å². The molecule has 0 aliphatic heterocycles. The number of rotatable bonds is 4. The molecular formula is C13H20N4. The molecule has 0 saturated carbocycles. The van der Waals surface area contributed by atoms with Gasteiger partial charge in [-0.05, 0) is 18.4 Å². The van der Waals surface area contributed by atoms with Crippen LogP contribution in [0, 0.1) is 5.92 Å². The molecule has 2 heterocycles. The summed E-state index contributed by atoms with van der Waals surface area (Å²) in [6, 6.07) is 1.99. The first-order chi connectivity index (χ1) is 8.13. The molecule has 2 aromatic heterocycles. The number of fused-ring (bicyclic) bond motifs is 1. The van der Waals surface area contributed by atoms with Gasteiger partial charge in [0.1, 0.15) is 11.3 Å². The second-order valence-corrected chi connectivity index (χ2v) is 4.96. The molecule has 0 fully saturated rings. The average Bonchev–Trinajstić information content (AvgIpc) is 2.64. The highest BCUT2D eigenvalue weighted by molar-refractivity contribution is 5.74. The minimum Gasteiger partial charge on any atom is -0.331 e. The van der Waals surface area contributed by atoms with Crippen molar-refractivity contribution >= 4 is 11.0 Å². The zero-order valence-corrected chi connectivity index (χ0v) is 10.7. The summed E-state index contributed by atoms with van der Waals surface area (Å²) < 4.78 is 2.14. The lowest BCUT2D eigenvalue weighted by Crippen LogP contribution is -2.18. The highest BCUT2D eigenvalue weighted by atomic mass is 15.1. The fraction of sp³-hybridized carbons (Fsp3) is 0.538. The van der Waals surface area contributed by atoms with Crippen LogP contribution in [0.5, 0.6) is 0 Å². The summed E-state index contributed by atoms with van der Waals surface area (Å²) in [6.07, 6.45) is 4.68. The summed E-state index contributed by atoms with van der Waals surface area (Å²) in [5.74, 6) is 2.03. The van der Waals surface area contributed by atoms with Crippen LogP contribution in [0.3, 0.4) is 0 Å². The monoisotopic (exact) mass is 232 g/mol. The Kier molecular flexibility index (Phi) is 3.43. The summed E-state index contributed by atoms with van der Waals surface area (Å²) in [5, 5.41) is 0. The molecule has 0 amide bonds. The van der Waals surface area contributed by atoms with Crippen LogP contribution < -0.4 is 5.73 Å². The molecule has 2 N–H and O–H groups in total. The highest BCUT2D eigenvalue weighted by Gasteiger charge is 2.18. The molecular weight excluding hydrogens is 212 g/mol. The largest absolute Gasteiger partial charge is 0.331 e. The Labute approximate surface area is 102 Å². The molecule has 0 radical (unpaired) electrons. The predicted molar refractivity (Wildman–Crippen MR) is 69.8 cm³/mol. The van der Waals surface area contributed by atoms with Crippen molar-refractivity contribution in [2.24, 2.45) is 18.7 Å². The lowest BCUT2D eigenvalue weighted by atomic mass is 9.96. The first-order valence-corrected chi connectivity index (χ1v) is 6.10. The summed E-state index contributed by atoms with van der Waals surface area (Å²) in [7, 11) is 2.05. The topological polar surface area (TPSA) is 56.7 Å². The summed E-state index contributed by atoms with van der Waals surface area (Å²) in [6.45, 7) is 5.07. The van der Waals surface area contributed by atoms with Gasteiger partial charge in [-0.3, -0.25) is 4.98 Å². The second-order valence-electron chi connectivity index (χ2n) is 4.96. The van der Waals surface area contributed by atoms with E-state index in [0.29, 0.717) is 18.4 Å². The molecule has 0 aliphatic carbocycles. The molecule has 17 heavy (non-hydrogen) atoms. The van der Waals surface area contributed by atoms with Gasteiger partial charge in [-0.1, -0.05) is 13.8 Å². The smallest absolute Gasteiger partial charge is 0.114 e. The molecule has 0 spiro atoms. The van der Waals surface area contributed by atoms with Crippen molar-refractivity contribution in [1.29, 1.82) is 0 Å². The van der Waals surface area contributed by atoms with E-state index in [9.17, 15) is 0 Å². The Bertz CT molecular complexity index is 501. The van der Waals surface area contributed by atoms with Gasteiger partial charge in [0.25, 0.3) is 0 Å². The van der Waals surface area contributed by atoms with E-state index in [4.69, 9.17) is 5.73 Å². The number of imidazole rings is 1. The fourth-order valence-electron chi connectivity index (χ4n) is 2.31. The van der Waals surface area contributed by atoms with E-state index in [1.54, 1.807) is 6.20 Å². The third-order valence-corrected chi connectivity index (χ3v) is 3.12. The summed E-state index contributed by atoms with van der Waals surface area (Å²) in [5.41, 5.74) is 7.95. The van der Waals surface area contributed by atoms with E-state index in [1.165, 1.54) is 0 Å². The molecule has 2 aromatic rings. The van der Waals surface area contributed by atoms with Crippen LogP contribution in [0.2, 0.25) is 0 Å². The van der Waals surface area contributed by atoms with Gasteiger partial charge in [0.2, 0.25) is 0 Å². The van der Waals surface area contributed by atoms with Crippen LogP contribution in [0.15, 0.2) is 18.5 Å². The molecule has 1 atom stereocenters. The molecule has 0 saturated heterocycles. The summed E-state index contributed by atoms with van der Waals surface area (Å²) in [4.78, 5) is 8.76. The van der Waals surface area contributed by atoms with Crippen LogP contribution in [0.1, 0.15) is 32.0 Å². The maximum Gasteiger partial charge on any atom is 0.114 e. The Hall–Kier alpha value is -1.42. The van der Waals surface area contributed by atoms with Crippen molar-refractivity contribution in [3.63, 3.8) is 0 Å². The van der Waals surface area contributed by atoms with Crippen molar-refractivity contribution < 1.29 is 0 Å². The van der Waals surface area contributed by atoms with Gasteiger partial charge in [0, 0.05) is 25.7 Å². The maximum atomic E-state index is 5.87. The van der Waals surface area contributed by atoms with Crippen molar-refractivity contribution in [1.82, 2.24) is 14.5 Å². The van der Waals surface area contributed by atoms with E-state index in [2.05, 4.69) is 28.4 Å². The predicted octanol–water partition coefficient (Wildman–Crippen LogP) is 2.06. The van der Waals surface area contributed by atoms with E-state index in [1.807, 2.05) is 19.3 Å². The minimum atomic E-state index is 0.326. The van der Waals surface area contributed by atoms with E-state index in [-0.39, 0.29) is 0 Å². The summed E-state index contributed by atoms with van der Waals surface area (Å²) >= 11 is 0. The normalized spacial score (nSPS) is 13.5. The number of pyridine rings is 1. The van der Waals surface area contributed by atoms with E-state index in [0.717, 1.165) is 23.3 Å². The Morgan fingerprint density at radius 3 is 2.76 bits per heavy atom. The van der Waals surface area contributed by atoms with Gasteiger partial charge in [-0.15, -0.1) is 0 Å². The SMILES string of the molecule is CC(C)CC(CN)c1nc2cnccc2n1C.